The molecule has 6 nitrogen and oxygen atoms in total. The number of sulfone groups is 1. The predicted octanol–water partition coefficient (Wildman–Crippen LogP) is 3.52. The van der Waals surface area contributed by atoms with Crippen molar-refractivity contribution in [2.45, 2.75) is 49.7 Å². The fourth-order valence-corrected chi connectivity index (χ4v) is 4.52. The lowest BCUT2D eigenvalue weighted by molar-refractivity contribution is -0.120. The summed E-state index contributed by atoms with van der Waals surface area (Å²) < 4.78 is 35.7. The molecule has 2 aromatic rings. The Balaban J connectivity index is 2.26. The summed E-state index contributed by atoms with van der Waals surface area (Å²) in [6, 6.07) is 13.1. The van der Waals surface area contributed by atoms with Crippen LogP contribution in [0.2, 0.25) is 0 Å². The van der Waals surface area contributed by atoms with E-state index >= 15 is 0 Å². The SMILES string of the molecule is CCCCOc1ccc(CC(C)(C(N)=O)S(=O)(=O)c2ccc(OCC)cc2)cc1. The Morgan fingerprint density at radius 2 is 1.52 bits per heavy atom. The van der Waals surface area contributed by atoms with Crippen molar-refractivity contribution in [2.75, 3.05) is 13.2 Å². The van der Waals surface area contributed by atoms with Crippen LogP contribution < -0.4 is 15.2 Å². The first-order valence-electron chi connectivity index (χ1n) is 9.73. The van der Waals surface area contributed by atoms with Crippen LogP contribution in [0.1, 0.15) is 39.2 Å². The fraction of sp³-hybridized carbons (Fsp3) is 0.409. The van der Waals surface area contributed by atoms with Crippen molar-refractivity contribution in [1.29, 1.82) is 0 Å². The molecular formula is C22H29NO5S. The second-order valence-corrected chi connectivity index (χ2v) is 9.41. The first kappa shape index (κ1) is 22.7. The molecule has 0 aliphatic carbocycles. The molecule has 0 heterocycles. The normalized spacial score (nSPS) is 13.5. The number of primary amides is 1. The second-order valence-electron chi connectivity index (χ2n) is 7.03. The monoisotopic (exact) mass is 419 g/mol. The van der Waals surface area contributed by atoms with Gasteiger partial charge in [0, 0.05) is 6.42 Å². The molecule has 0 fully saturated rings. The highest BCUT2D eigenvalue weighted by Gasteiger charge is 2.46. The Kier molecular flexibility index (Phi) is 7.67. The van der Waals surface area contributed by atoms with Crippen LogP contribution >= 0.6 is 0 Å². The van der Waals surface area contributed by atoms with Gasteiger partial charge < -0.3 is 15.2 Å². The molecule has 1 amide bonds. The molecule has 0 aromatic heterocycles. The van der Waals surface area contributed by atoms with Gasteiger partial charge in [0.15, 0.2) is 14.6 Å². The van der Waals surface area contributed by atoms with Gasteiger partial charge in [-0.2, -0.15) is 0 Å². The number of unbranched alkanes of at least 4 members (excludes halogenated alkanes) is 1. The van der Waals surface area contributed by atoms with Crippen molar-refractivity contribution in [3.8, 4) is 11.5 Å². The third-order valence-electron chi connectivity index (χ3n) is 4.79. The van der Waals surface area contributed by atoms with E-state index in [-0.39, 0.29) is 11.3 Å². The second kappa shape index (κ2) is 9.78. The van der Waals surface area contributed by atoms with Crippen molar-refractivity contribution < 1.29 is 22.7 Å². The van der Waals surface area contributed by atoms with Crippen molar-refractivity contribution in [3.05, 3.63) is 54.1 Å². The molecule has 1 atom stereocenters. The average molecular weight is 420 g/mol. The molecule has 0 spiro atoms. The van der Waals surface area contributed by atoms with Crippen LogP contribution in [-0.2, 0) is 21.1 Å². The summed E-state index contributed by atoms with van der Waals surface area (Å²) in [6.07, 6.45) is 1.97. The lowest BCUT2D eigenvalue weighted by atomic mass is 9.99. The minimum atomic E-state index is -4.02. The zero-order valence-electron chi connectivity index (χ0n) is 17.2. The first-order chi connectivity index (χ1) is 13.7. The molecule has 0 aliphatic rings. The van der Waals surface area contributed by atoms with E-state index in [2.05, 4.69) is 6.92 Å². The van der Waals surface area contributed by atoms with Crippen molar-refractivity contribution in [2.24, 2.45) is 5.73 Å². The van der Waals surface area contributed by atoms with E-state index in [1.807, 2.05) is 6.92 Å². The van der Waals surface area contributed by atoms with Gasteiger partial charge in [0.1, 0.15) is 11.5 Å². The van der Waals surface area contributed by atoms with Crippen LogP contribution in [0.3, 0.4) is 0 Å². The molecule has 0 saturated heterocycles. The number of amides is 1. The lowest BCUT2D eigenvalue weighted by Gasteiger charge is -2.26. The van der Waals surface area contributed by atoms with Crippen LogP contribution in [0, 0.1) is 0 Å². The molecule has 0 aliphatic heterocycles. The maximum Gasteiger partial charge on any atom is 0.239 e. The standard InChI is InChI=1S/C22H29NO5S/c1-4-6-15-28-19-9-7-17(8-10-19)16-22(3,21(23)24)29(25,26)20-13-11-18(12-14-20)27-5-2/h7-14H,4-6,15-16H2,1-3H3,(H2,23,24). The summed E-state index contributed by atoms with van der Waals surface area (Å²) in [4.78, 5) is 12.3. The van der Waals surface area contributed by atoms with Gasteiger partial charge in [0.25, 0.3) is 0 Å². The highest BCUT2D eigenvalue weighted by molar-refractivity contribution is 7.93. The predicted molar refractivity (Wildman–Crippen MR) is 113 cm³/mol. The summed E-state index contributed by atoms with van der Waals surface area (Å²) in [5.41, 5.74) is 6.25. The topological polar surface area (TPSA) is 95.7 Å². The van der Waals surface area contributed by atoms with E-state index in [1.165, 1.54) is 19.1 Å². The molecule has 29 heavy (non-hydrogen) atoms. The third kappa shape index (κ3) is 5.29. The number of hydrogen-bond donors (Lipinski definition) is 1. The van der Waals surface area contributed by atoms with E-state index < -0.39 is 20.5 Å². The first-order valence-corrected chi connectivity index (χ1v) is 11.2. The number of benzene rings is 2. The van der Waals surface area contributed by atoms with Gasteiger partial charge in [-0.1, -0.05) is 25.5 Å². The lowest BCUT2D eigenvalue weighted by Crippen LogP contribution is -2.49. The maximum absolute atomic E-state index is 13.2. The molecule has 1 unspecified atom stereocenters. The molecule has 158 valence electrons. The molecule has 2 aromatic carbocycles. The molecule has 7 heteroatoms. The van der Waals surface area contributed by atoms with Gasteiger partial charge in [-0.15, -0.1) is 0 Å². The fourth-order valence-electron chi connectivity index (χ4n) is 2.88. The van der Waals surface area contributed by atoms with E-state index in [0.717, 1.165) is 12.8 Å². The van der Waals surface area contributed by atoms with Crippen LogP contribution in [0.5, 0.6) is 11.5 Å². The number of carbonyl (C=O) groups excluding carboxylic acids is 1. The van der Waals surface area contributed by atoms with E-state index in [0.29, 0.717) is 30.3 Å². The number of rotatable bonds is 11. The number of carbonyl (C=O) groups is 1. The molecule has 0 saturated carbocycles. The van der Waals surface area contributed by atoms with Crippen LogP contribution in [0.25, 0.3) is 0 Å². The van der Waals surface area contributed by atoms with Gasteiger partial charge in [-0.05, 0) is 62.2 Å². The smallest absolute Gasteiger partial charge is 0.239 e. The Labute approximate surface area is 172 Å². The minimum absolute atomic E-state index is 0.0294. The highest BCUT2D eigenvalue weighted by atomic mass is 32.2. The van der Waals surface area contributed by atoms with Crippen molar-refractivity contribution >= 4 is 15.7 Å². The van der Waals surface area contributed by atoms with Crippen molar-refractivity contribution in [1.82, 2.24) is 0 Å². The Morgan fingerprint density at radius 1 is 0.966 bits per heavy atom. The Morgan fingerprint density at radius 3 is 2.03 bits per heavy atom. The summed E-state index contributed by atoms with van der Waals surface area (Å²) in [5.74, 6) is 0.373. The molecule has 2 rings (SSSR count). The van der Waals surface area contributed by atoms with E-state index in [9.17, 15) is 13.2 Å². The van der Waals surface area contributed by atoms with Gasteiger partial charge >= 0.3 is 0 Å². The van der Waals surface area contributed by atoms with Gasteiger partial charge in [0.05, 0.1) is 18.1 Å². The molecule has 0 radical (unpaired) electrons. The van der Waals surface area contributed by atoms with Crippen molar-refractivity contribution in [3.63, 3.8) is 0 Å². The zero-order chi connectivity index (χ0) is 21.5. The Hall–Kier alpha value is -2.54. The summed E-state index contributed by atoms with van der Waals surface area (Å²) in [7, 11) is -4.02. The average Bonchev–Trinajstić information content (AvgIpc) is 2.70. The largest absolute Gasteiger partial charge is 0.494 e. The number of hydrogen-bond acceptors (Lipinski definition) is 5. The van der Waals surface area contributed by atoms with Gasteiger partial charge in [-0.3, -0.25) is 4.79 Å². The zero-order valence-corrected chi connectivity index (χ0v) is 18.0. The molecule has 2 N–H and O–H groups in total. The van der Waals surface area contributed by atoms with E-state index in [1.54, 1.807) is 36.4 Å². The highest BCUT2D eigenvalue weighted by Crippen LogP contribution is 2.31. The summed E-state index contributed by atoms with van der Waals surface area (Å²) in [5, 5.41) is 0. The van der Waals surface area contributed by atoms with Gasteiger partial charge in [0.2, 0.25) is 5.91 Å². The molecular weight excluding hydrogens is 390 g/mol. The summed E-state index contributed by atoms with van der Waals surface area (Å²) in [6.45, 7) is 6.40. The summed E-state index contributed by atoms with van der Waals surface area (Å²) >= 11 is 0. The maximum atomic E-state index is 13.2. The van der Waals surface area contributed by atoms with Crippen LogP contribution in [-0.4, -0.2) is 32.3 Å². The Bertz CT molecular complexity index is 907. The molecule has 0 bridgehead atoms. The van der Waals surface area contributed by atoms with Crippen LogP contribution in [0.15, 0.2) is 53.4 Å². The van der Waals surface area contributed by atoms with Gasteiger partial charge in [-0.25, -0.2) is 8.42 Å². The van der Waals surface area contributed by atoms with Crippen LogP contribution in [0.4, 0.5) is 0 Å². The number of ether oxygens (including phenoxy) is 2. The minimum Gasteiger partial charge on any atom is -0.494 e. The number of nitrogens with two attached hydrogens (primary N) is 1. The third-order valence-corrected chi connectivity index (χ3v) is 7.22. The quantitative estimate of drug-likeness (QED) is 0.562. The van der Waals surface area contributed by atoms with E-state index in [4.69, 9.17) is 15.2 Å².